The molecule has 2 heterocycles. The molecule has 3 rings (SSSR count). The highest BCUT2D eigenvalue weighted by molar-refractivity contribution is 6.07. The molecular formula is C10H11FN2O. The highest BCUT2D eigenvalue weighted by Crippen LogP contribution is 2.54. The number of anilines is 1. The van der Waals surface area contributed by atoms with Gasteiger partial charge in [0.1, 0.15) is 5.82 Å². The number of hydrogen-bond donors (Lipinski definition) is 1. The van der Waals surface area contributed by atoms with Gasteiger partial charge in [0.25, 0.3) is 0 Å². The van der Waals surface area contributed by atoms with Gasteiger partial charge >= 0.3 is 0 Å². The maximum absolute atomic E-state index is 11.5. The standard InChI is InChI=1S/C9H8N2O.CH3F/c12-8-9(3-4-9)6-2-1-5-10-7(6)11-8;1-2/h1-2,5H,3-4H2,(H,10,11,12);1H3. The maximum atomic E-state index is 11.5. The number of aromatic nitrogens is 1. The molecule has 2 aliphatic rings. The molecule has 1 spiro atoms. The van der Waals surface area contributed by atoms with E-state index in [0.717, 1.165) is 24.2 Å². The zero-order valence-corrected chi connectivity index (χ0v) is 7.88. The minimum absolute atomic E-state index is 0.135. The molecule has 1 saturated carbocycles. The summed E-state index contributed by atoms with van der Waals surface area (Å²) in [5.41, 5.74) is 0.916. The Labute approximate surface area is 81.3 Å². The van der Waals surface area contributed by atoms with Crippen molar-refractivity contribution in [2.24, 2.45) is 0 Å². The third kappa shape index (κ3) is 1.03. The topological polar surface area (TPSA) is 42.0 Å². The normalized spacial score (nSPS) is 19.4. The highest BCUT2D eigenvalue weighted by Gasteiger charge is 2.56. The molecule has 1 aromatic rings. The number of nitrogens with one attached hydrogen (secondary N) is 1. The van der Waals surface area contributed by atoms with E-state index < -0.39 is 0 Å². The number of alkyl halides is 1. The largest absolute Gasteiger partial charge is 0.310 e. The fourth-order valence-electron chi connectivity index (χ4n) is 1.86. The molecule has 0 atom stereocenters. The summed E-state index contributed by atoms with van der Waals surface area (Å²) in [5, 5.41) is 2.80. The number of rotatable bonds is 0. The molecule has 1 aromatic heterocycles. The summed E-state index contributed by atoms with van der Waals surface area (Å²) in [5.74, 6) is 0.899. The van der Waals surface area contributed by atoms with Gasteiger partial charge in [-0.3, -0.25) is 9.18 Å². The molecule has 1 N–H and O–H groups in total. The first-order valence-electron chi connectivity index (χ1n) is 4.48. The summed E-state index contributed by atoms with van der Waals surface area (Å²) in [6.07, 6.45) is 3.68. The number of carbonyl (C=O) groups is 1. The molecule has 0 radical (unpaired) electrons. The fourth-order valence-corrected chi connectivity index (χ4v) is 1.86. The SMILES string of the molecule is CF.O=C1Nc2ncccc2C12CC2. The minimum Gasteiger partial charge on any atom is -0.310 e. The fraction of sp³-hybridized carbons (Fsp3) is 0.400. The van der Waals surface area contributed by atoms with Gasteiger partial charge in [-0.1, -0.05) is 6.07 Å². The molecule has 14 heavy (non-hydrogen) atoms. The van der Waals surface area contributed by atoms with Gasteiger partial charge in [0, 0.05) is 11.8 Å². The predicted octanol–water partition coefficient (Wildman–Crippen LogP) is 1.65. The maximum Gasteiger partial charge on any atom is 0.236 e. The lowest BCUT2D eigenvalue weighted by atomic mass is 10.0. The van der Waals surface area contributed by atoms with E-state index in [1.54, 1.807) is 6.20 Å². The van der Waals surface area contributed by atoms with Crippen molar-refractivity contribution in [2.45, 2.75) is 18.3 Å². The van der Waals surface area contributed by atoms with Crippen LogP contribution in [0, 0.1) is 0 Å². The van der Waals surface area contributed by atoms with E-state index in [2.05, 4.69) is 10.3 Å². The number of halogens is 1. The van der Waals surface area contributed by atoms with Crippen LogP contribution in [0.3, 0.4) is 0 Å². The van der Waals surface area contributed by atoms with Crippen molar-refractivity contribution in [3.8, 4) is 0 Å². The summed E-state index contributed by atoms with van der Waals surface area (Å²) in [7, 11) is 0.500. The van der Waals surface area contributed by atoms with Crippen molar-refractivity contribution >= 4 is 11.7 Å². The Bertz CT molecular complexity index is 374. The Morgan fingerprint density at radius 2 is 2.21 bits per heavy atom. The Hall–Kier alpha value is -1.45. The molecule has 1 aliphatic heterocycles. The van der Waals surface area contributed by atoms with Crippen LogP contribution in [0.25, 0.3) is 0 Å². The Morgan fingerprint density at radius 1 is 1.50 bits per heavy atom. The highest BCUT2D eigenvalue weighted by atomic mass is 19.1. The van der Waals surface area contributed by atoms with Gasteiger partial charge < -0.3 is 5.32 Å². The first-order chi connectivity index (χ1) is 6.83. The van der Waals surface area contributed by atoms with Gasteiger partial charge in [0.05, 0.1) is 12.6 Å². The molecule has 1 fully saturated rings. The van der Waals surface area contributed by atoms with Crippen LogP contribution in [-0.2, 0) is 10.2 Å². The van der Waals surface area contributed by atoms with Crippen LogP contribution >= 0.6 is 0 Å². The smallest absolute Gasteiger partial charge is 0.236 e. The lowest BCUT2D eigenvalue weighted by Gasteiger charge is -2.00. The van der Waals surface area contributed by atoms with Gasteiger partial charge in [-0.05, 0) is 18.9 Å². The van der Waals surface area contributed by atoms with E-state index >= 15 is 0 Å². The Morgan fingerprint density at radius 3 is 2.86 bits per heavy atom. The summed E-state index contributed by atoms with van der Waals surface area (Å²) >= 11 is 0. The van der Waals surface area contributed by atoms with Crippen molar-refractivity contribution in [3.63, 3.8) is 0 Å². The van der Waals surface area contributed by atoms with Gasteiger partial charge in [0.2, 0.25) is 5.91 Å². The number of amides is 1. The molecule has 0 saturated heterocycles. The van der Waals surface area contributed by atoms with Crippen LogP contribution in [0.1, 0.15) is 18.4 Å². The van der Waals surface area contributed by atoms with Gasteiger partial charge in [-0.2, -0.15) is 0 Å². The third-order valence-electron chi connectivity index (χ3n) is 2.74. The van der Waals surface area contributed by atoms with Crippen molar-refractivity contribution in [2.75, 3.05) is 12.5 Å². The number of hydrogen-bond acceptors (Lipinski definition) is 2. The Balaban J connectivity index is 0.000000354. The molecule has 4 heteroatoms. The lowest BCUT2D eigenvalue weighted by molar-refractivity contribution is -0.117. The molecular weight excluding hydrogens is 183 g/mol. The van der Waals surface area contributed by atoms with Crippen LogP contribution in [0.4, 0.5) is 10.2 Å². The molecule has 0 unspecified atom stereocenters. The first-order valence-corrected chi connectivity index (χ1v) is 4.48. The van der Waals surface area contributed by atoms with E-state index in [0.29, 0.717) is 7.18 Å². The monoisotopic (exact) mass is 194 g/mol. The number of pyridine rings is 1. The number of carbonyl (C=O) groups excluding carboxylic acids is 1. The van der Waals surface area contributed by atoms with E-state index in [1.807, 2.05) is 12.1 Å². The molecule has 1 aliphatic carbocycles. The van der Waals surface area contributed by atoms with Crippen LogP contribution in [0.15, 0.2) is 18.3 Å². The predicted molar refractivity (Wildman–Crippen MR) is 50.8 cm³/mol. The van der Waals surface area contributed by atoms with E-state index in [4.69, 9.17) is 0 Å². The molecule has 3 nitrogen and oxygen atoms in total. The van der Waals surface area contributed by atoms with Crippen molar-refractivity contribution in [1.29, 1.82) is 0 Å². The van der Waals surface area contributed by atoms with E-state index in [9.17, 15) is 9.18 Å². The zero-order chi connectivity index (χ0) is 10.2. The average molecular weight is 194 g/mol. The second kappa shape index (κ2) is 3.04. The summed E-state index contributed by atoms with van der Waals surface area (Å²) < 4.78 is 9.50. The molecule has 0 aromatic carbocycles. The van der Waals surface area contributed by atoms with Gasteiger partial charge in [-0.15, -0.1) is 0 Å². The van der Waals surface area contributed by atoms with Crippen LogP contribution in [-0.4, -0.2) is 18.1 Å². The van der Waals surface area contributed by atoms with Gasteiger partial charge in [0.15, 0.2) is 0 Å². The van der Waals surface area contributed by atoms with E-state index in [1.165, 1.54) is 0 Å². The summed E-state index contributed by atoms with van der Waals surface area (Å²) in [4.78, 5) is 15.6. The average Bonchev–Trinajstić information content (AvgIpc) is 2.97. The molecule has 74 valence electrons. The van der Waals surface area contributed by atoms with Crippen LogP contribution in [0.2, 0.25) is 0 Å². The summed E-state index contributed by atoms with van der Waals surface area (Å²) in [6.45, 7) is 0. The van der Waals surface area contributed by atoms with Crippen LogP contribution < -0.4 is 5.32 Å². The van der Waals surface area contributed by atoms with Gasteiger partial charge in [-0.25, -0.2) is 4.98 Å². The lowest BCUT2D eigenvalue weighted by Crippen LogP contribution is -2.18. The van der Waals surface area contributed by atoms with E-state index in [-0.39, 0.29) is 11.3 Å². The molecule has 1 amide bonds. The quantitative estimate of drug-likeness (QED) is 0.682. The van der Waals surface area contributed by atoms with Crippen molar-refractivity contribution in [1.82, 2.24) is 4.98 Å². The van der Waals surface area contributed by atoms with Crippen molar-refractivity contribution in [3.05, 3.63) is 23.9 Å². The van der Waals surface area contributed by atoms with Crippen LogP contribution in [0.5, 0.6) is 0 Å². The second-order valence-electron chi connectivity index (χ2n) is 3.44. The number of fused-ring (bicyclic) bond motifs is 2. The van der Waals surface area contributed by atoms with Crippen molar-refractivity contribution < 1.29 is 9.18 Å². The molecule has 0 bridgehead atoms. The number of nitrogens with zero attached hydrogens (tertiary/aromatic N) is 1. The Kier molecular flexibility index (Phi) is 1.98. The second-order valence-corrected chi connectivity index (χ2v) is 3.44. The third-order valence-corrected chi connectivity index (χ3v) is 2.74. The first kappa shape index (κ1) is 9.12. The summed E-state index contributed by atoms with van der Waals surface area (Å²) in [6, 6.07) is 3.88. The zero-order valence-electron chi connectivity index (χ0n) is 7.88. The minimum atomic E-state index is -0.177.